The van der Waals surface area contributed by atoms with Gasteiger partial charge < -0.3 is 4.90 Å². The fraction of sp³-hybridized carbons (Fsp3) is 0.294. The van der Waals surface area contributed by atoms with Crippen molar-refractivity contribution >= 4 is 33.3 Å². The fourth-order valence-corrected chi connectivity index (χ4v) is 5.09. The van der Waals surface area contributed by atoms with Crippen molar-refractivity contribution < 1.29 is 13.0 Å². The van der Waals surface area contributed by atoms with Gasteiger partial charge in [-0.1, -0.05) is 36.9 Å². The number of nitrogens with zero attached hydrogens (tertiary/aromatic N) is 1. The normalized spacial score (nSPS) is 15.0. The number of rotatable bonds is 3. The van der Waals surface area contributed by atoms with Crippen LogP contribution in [-0.4, -0.2) is 18.3 Å². The summed E-state index contributed by atoms with van der Waals surface area (Å²) in [7, 11) is -4.21. The lowest BCUT2D eigenvalue weighted by Gasteiger charge is -2.37. The highest BCUT2D eigenvalue weighted by Gasteiger charge is 2.35. The Morgan fingerprint density at radius 1 is 1.17 bits per heavy atom. The molecule has 23 heavy (non-hydrogen) atoms. The molecule has 0 saturated heterocycles. The SMILES string of the molecule is CCC(N1c2ccc(C)cc2Sc2c(C)cccc21)S(=O)(=O)O. The van der Waals surface area contributed by atoms with Crippen molar-refractivity contribution in [2.45, 2.75) is 42.4 Å². The van der Waals surface area contributed by atoms with Gasteiger partial charge in [0.25, 0.3) is 10.1 Å². The first-order valence-electron chi connectivity index (χ1n) is 7.46. The van der Waals surface area contributed by atoms with Crippen molar-refractivity contribution in [1.82, 2.24) is 0 Å². The Labute approximate surface area is 141 Å². The van der Waals surface area contributed by atoms with Gasteiger partial charge in [-0.2, -0.15) is 8.42 Å². The van der Waals surface area contributed by atoms with Crippen LogP contribution in [0.25, 0.3) is 0 Å². The summed E-state index contributed by atoms with van der Waals surface area (Å²) in [6, 6.07) is 11.8. The quantitative estimate of drug-likeness (QED) is 0.825. The third-order valence-electron chi connectivity index (χ3n) is 4.02. The number of benzene rings is 2. The lowest BCUT2D eigenvalue weighted by atomic mass is 10.1. The molecule has 0 bridgehead atoms. The first-order valence-corrected chi connectivity index (χ1v) is 9.78. The van der Waals surface area contributed by atoms with Crippen molar-refractivity contribution in [3.63, 3.8) is 0 Å². The van der Waals surface area contributed by atoms with Crippen molar-refractivity contribution in [3.05, 3.63) is 47.5 Å². The second-order valence-electron chi connectivity index (χ2n) is 5.74. The third-order valence-corrected chi connectivity index (χ3v) is 6.53. The van der Waals surface area contributed by atoms with E-state index in [-0.39, 0.29) is 0 Å². The Bertz CT molecular complexity index is 862. The monoisotopic (exact) mass is 349 g/mol. The molecule has 3 rings (SSSR count). The number of fused-ring (bicyclic) bond motifs is 2. The van der Waals surface area contributed by atoms with E-state index in [0.717, 1.165) is 32.3 Å². The summed E-state index contributed by atoms with van der Waals surface area (Å²) >= 11 is 1.65. The summed E-state index contributed by atoms with van der Waals surface area (Å²) < 4.78 is 33.6. The van der Waals surface area contributed by atoms with Crippen LogP contribution in [-0.2, 0) is 10.1 Å². The van der Waals surface area contributed by atoms with Crippen LogP contribution in [0, 0.1) is 13.8 Å². The summed E-state index contributed by atoms with van der Waals surface area (Å²) in [4.78, 5) is 3.80. The van der Waals surface area contributed by atoms with Gasteiger partial charge in [-0.3, -0.25) is 4.55 Å². The minimum absolute atomic E-state index is 0.296. The molecule has 0 aliphatic carbocycles. The first-order chi connectivity index (χ1) is 10.8. The van der Waals surface area contributed by atoms with Crippen molar-refractivity contribution in [2.24, 2.45) is 0 Å². The molecule has 1 atom stereocenters. The van der Waals surface area contributed by atoms with E-state index in [4.69, 9.17) is 0 Å². The standard InChI is InChI=1S/C17H19NO3S2/c1-4-16(23(19,20)21)18-13-9-8-11(2)10-15(13)22-17-12(3)6-5-7-14(17)18/h5-10,16H,4H2,1-3H3,(H,19,20,21). The van der Waals surface area contributed by atoms with Crippen LogP contribution >= 0.6 is 11.8 Å². The van der Waals surface area contributed by atoms with Gasteiger partial charge in [-0.05, 0) is 49.6 Å². The Morgan fingerprint density at radius 2 is 1.91 bits per heavy atom. The predicted octanol–water partition coefficient (Wildman–Crippen LogP) is 4.53. The van der Waals surface area contributed by atoms with E-state index in [9.17, 15) is 13.0 Å². The zero-order valence-corrected chi connectivity index (χ0v) is 14.9. The molecule has 6 heteroatoms. The van der Waals surface area contributed by atoms with Crippen LogP contribution in [0.4, 0.5) is 11.4 Å². The molecule has 1 aliphatic rings. The first kappa shape index (κ1) is 16.4. The van der Waals surface area contributed by atoms with Crippen LogP contribution < -0.4 is 4.90 Å². The Kier molecular flexibility index (Phi) is 4.16. The molecule has 1 unspecified atom stereocenters. The van der Waals surface area contributed by atoms with E-state index in [1.54, 1.807) is 23.6 Å². The molecule has 0 radical (unpaired) electrons. The Morgan fingerprint density at radius 3 is 2.57 bits per heavy atom. The summed E-state index contributed by atoms with van der Waals surface area (Å²) in [5.41, 5.74) is 3.86. The van der Waals surface area contributed by atoms with Gasteiger partial charge >= 0.3 is 0 Å². The van der Waals surface area contributed by atoms with E-state index in [1.165, 1.54) is 0 Å². The molecule has 2 aromatic rings. The van der Waals surface area contributed by atoms with E-state index in [1.807, 2.05) is 44.2 Å². The molecule has 1 heterocycles. The zero-order chi connectivity index (χ0) is 16.8. The smallest absolute Gasteiger partial charge is 0.286 e. The van der Waals surface area contributed by atoms with Crippen molar-refractivity contribution in [3.8, 4) is 0 Å². The van der Waals surface area contributed by atoms with Crippen LogP contribution in [0.15, 0.2) is 46.2 Å². The van der Waals surface area contributed by atoms with E-state index >= 15 is 0 Å². The van der Waals surface area contributed by atoms with Crippen LogP contribution in [0.5, 0.6) is 0 Å². The average Bonchev–Trinajstić information content (AvgIpc) is 2.46. The summed E-state index contributed by atoms with van der Waals surface area (Å²) in [6.45, 7) is 5.79. The highest BCUT2D eigenvalue weighted by Crippen LogP contribution is 2.51. The molecule has 4 nitrogen and oxygen atoms in total. The second-order valence-corrected chi connectivity index (χ2v) is 8.37. The van der Waals surface area contributed by atoms with Gasteiger partial charge in [-0.25, -0.2) is 0 Å². The lowest BCUT2D eigenvalue weighted by molar-refractivity contribution is 0.464. The fourth-order valence-electron chi connectivity index (χ4n) is 2.94. The number of anilines is 2. The average molecular weight is 349 g/mol. The van der Waals surface area contributed by atoms with Gasteiger partial charge in [0.2, 0.25) is 0 Å². The number of hydrogen-bond donors (Lipinski definition) is 1. The summed E-state index contributed by atoms with van der Waals surface area (Å²) in [6.07, 6.45) is 0.296. The highest BCUT2D eigenvalue weighted by atomic mass is 32.2. The molecule has 0 spiro atoms. The zero-order valence-electron chi connectivity index (χ0n) is 13.3. The Balaban J connectivity index is 2.29. The Hall–Kier alpha value is -1.50. The van der Waals surface area contributed by atoms with Gasteiger partial charge in [0, 0.05) is 9.79 Å². The molecule has 1 aliphatic heterocycles. The minimum atomic E-state index is -4.21. The number of hydrogen-bond acceptors (Lipinski definition) is 4. The van der Waals surface area contributed by atoms with Gasteiger partial charge in [0.1, 0.15) is 0 Å². The van der Waals surface area contributed by atoms with Crippen LogP contribution in [0.3, 0.4) is 0 Å². The summed E-state index contributed by atoms with van der Waals surface area (Å²) in [5.74, 6) is 0. The molecular formula is C17H19NO3S2. The third kappa shape index (κ3) is 2.86. The van der Waals surface area contributed by atoms with Crippen molar-refractivity contribution in [2.75, 3.05) is 4.90 Å². The predicted molar refractivity (Wildman–Crippen MR) is 94.2 cm³/mol. The van der Waals surface area contributed by atoms with Crippen LogP contribution in [0.1, 0.15) is 24.5 Å². The molecule has 2 aromatic carbocycles. The number of aryl methyl sites for hydroxylation is 2. The van der Waals surface area contributed by atoms with E-state index in [0.29, 0.717) is 6.42 Å². The second kappa shape index (κ2) is 5.85. The maximum Gasteiger partial charge on any atom is 0.286 e. The van der Waals surface area contributed by atoms with Crippen molar-refractivity contribution in [1.29, 1.82) is 0 Å². The largest absolute Gasteiger partial charge is 0.320 e. The van der Waals surface area contributed by atoms with Gasteiger partial charge in [0.05, 0.1) is 11.4 Å². The van der Waals surface area contributed by atoms with Gasteiger partial charge in [0.15, 0.2) is 5.37 Å². The van der Waals surface area contributed by atoms with E-state index in [2.05, 4.69) is 6.07 Å². The molecule has 122 valence electrons. The topological polar surface area (TPSA) is 57.6 Å². The summed E-state index contributed by atoms with van der Waals surface area (Å²) in [5, 5.41) is -0.995. The molecule has 1 N–H and O–H groups in total. The molecule has 0 saturated carbocycles. The van der Waals surface area contributed by atoms with Gasteiger partial charge in [-0.15, -0.1) is 0 Å². The molecule has 0 aromatic heterocycles. The highest BCUT2D eigenvalue weighted by molar-refractivity contribution is 7.99. The van der Waals surface area contributed by atoms with Crippen LogP contribution in [0.2, 0.25) is 0 Å². The maximum absolute atomic E-state index is 11.9. The molecular weight excluding hydrogens is 330 g/mol. The maximum atomic E-state index is 11.9. The minimum Gasteiger partial charge on any atom is -0.320 e. The van der Waals surface area contributed by atoms with E-state index < -0.39 is 15.5 Å². The lowest BCUT2D eigenvalue weighted by Crippen LogP contribution is -2.38. The molecule has 0 fully saturated rings. The molecule has 0 amide bonds.